The Morgan fingerprint density at radius 1 is 1.19 bits per heavy atom. The number of H-pyrrole nitrogens is 1. The second-order valence-electron chi connectivity index (χ2n) is 10.6. The first kappa shape index (κ1) is 24.0. The van der Waals surface area contributed by atoms with E-state index in [-0.39, 0.29) is 5.72 Å². The van der Waals surface area contributed by atoms with Crippen molar-refractivity contribution < 1.29 is 23.8 Å². The molecular formula is C29H33N3O5. The second-order valence-corrected chi connectivity index (χ2v) is 10.6. The molecule has 3 atom stereocenters. The molecule has 2 fully saturated rings. The number of piperidine rings is 2. The van der Waals surface area contributed by atoms with Gasteiger partial charge in [-0.2, -0.15) is 0 Å². The number of methoxy groups -OCH3 is 1. The highest BCUT2D eigenvalue weighted by Gasteiger charge is 2.52. The highest BCUT2D eigenvalue weighted by molar-refractivity contribution is 6.07. The molecule has 2 aromatic heterocycles. The SMILES string of the molecule is COC(=O)c1cncc(C(C)OC(=O)c2c(C)[nH]c3ccc4c(c23)CC2CCCN3CCCCC23O4)c1. The van der Waals surface area contributed by atoms with Crippen molar-refractivity contribution in [3.05, 3.63) is 58.5 Å². The van der Waals surface area contributed by atoms with E-state index in [1.54, 1.807) is 19.2 Å². The van der Waals surface area contributed by atoms with Crippen LogP contribution in [-0.2, 0) is 15.9 Å². The fourth-order valence-electron chi connectivity index (χ4n) is 6.66. The average Bonchev–Trinajstić information content (AvgIpc) is 3.26. The Hall–Kier alpha value is -3.39. The topological polar surface area (TPSA) is 93.8 Å². The van der Waals surface area contributed by atoms with E-state index in [4.69, 9.17) is 14.2 Å². The summed E-state index contributed by atoms with van der Waals surface area (Å²) in [4.78, 5) is 35.6. The van der Waals surface area contributed by atoms with Crippen LogP contribution in [0.15, 0.2) is 30.6 Å². The molecule has 2 saturated heterocycles. The molecule has 1 N–H and O–H groups in total. The van der Waals surface area contributed by atoms with Gasteiger partial charge in [0, 0.05) is 65.5 Å². The quantitative estimate of drug-likeness (QED) is 0.495. The van der Waals surface area contributed by atoms with Crippen molar-refractivity contribution >= 4 is 22.8 Å². The number of benzene rings is 1. The van der Waals surface area contributed by atoms with Gasteiger partial charge in [-0.3, -0.25) is 9.88 Å². The number of pyridine rings is 1. The van der Waals surface area contributed by atoms with Crippen LogP contribution in [0.1, 0.15) is 82.7 Å². The van der Waals surface area contributed by atoms with Gasteiger partial charge in [0.05, 0.1) is 18.2 Å². The van der Waals surface area contributed by atoms with E-state index in [1.165, 1.54) is 32.6 Å². The lowest BCUT2D eigenvalue weighted by atomic mass is 9.74. The van der Waals surface area contributed by atoms with Crippen LogP contribution >= 0.6 is 0 Å². The zero-order chi connectivity index (χ0) is 25.7. The third kappa shape index (κ3) is 3.89. The van der Waals surface area contributed by atoms with Gasteiger partial charge in [-0.1, -0.05) is 0 Å². The highest BCUT2D eigenvalue weighted by atomic mass is 16.5. The molecule has 8 heteroatoms. The van der Waals surface area contributed by atoms with Crippen LogP contribution in [0.4, 0.5) is 0 Å². The van der Waals surface area contributed by atoms with Crippen molar-refractivity contribution in [3.8, 4) is 5.75 Å². The van der Waals surface area contributed by atoms with Gasteiger partial charge >= 0.3 is 11.9 Å². The standard InChI is InChI=1S/C29H33N3O5/c1-17-25(28(34)36-18(2)19-13-20(16-30-15-19)27(33)35-3)26-22-14-21-7-6-12-32-11-5-4-10-29(21,32)37-24(22)9-8-23(26)31-17/h8-9,13,15-16,18,21,31H,4-7,10-12,14H2,1-3H3. The molecular weight excluding hydrogens is 470 g/mol. The molecule has 0 saturated carbocycles. The summed E-state index contributed by atoms with van der Waals surface area (Å²) in [6.07, 6.45) is 9.12. The summed E-state index contributed by atoms with van der Waals surface area (Å²) in [6, 6.07) is 5.72. The lowest BCUT2D eigenvalue weighted by Crippen LogP contribution is -2.64. The van der Waals surface area contributed by atoms with Gasteiger partial charge in [0.25, 0.3) is 0 Å². The third-order valence-electron chi connectivity index (χ3n) is 8.46. The Morgan fingerprint density at radius 2 is 2.03 bits per heavy atom. The smallest absolute Gasteiger partial charge is 0.341 e. The number of carbonyl (C=O) groups excluding carboxylic acids is 2. The number of aromatic amines is 1. The molecule has 0 amide bonds. The van der Waals surface area contributed by atoms with E-state index >= 15 is 0 Å². The first-order valence-corrected chi connectivity index (χ1v) is 13.2. The summed E-state index contributed by atoms with van der Waals surface area (Å²) in [6.45, 7) is 5.88. The van der Waals surface area contributed by atoms with Crippen LogP contribution in [0.3, 0.4) is 0 Å². The Labute approximate surface area is 216 Å². The van der Waals surface area contributed by atoms with Gasteiger partial charge < -0.3 is 19.2 Å². The molecule has 5 heterocycles. The molecule has 37 heavy (non-hydrogen) atoms. The molecule has 0 radical (unpaired) electrons. The first-order chi connectivity index (χ1) is 17.9. The van der Waals surface area contributed by atoms with Crippen molar-refractivity contribution in [2.45, 2.75) is 64.2 Å². The number of hydrogen-bond acceptors (Lipinski definition) is 7. The number of nitrogens with zero attached hydrogens (tertiary/aromatic N) is 2. The Balaban J connectivity index is 1.34. The number of fused-ring (bicyclic) bond motifs is 3. The summed E-state index contributed by atoms with van der Waals surface area (Å²) in [7, 11) is 1.32. The van der Waals surface area contributed by atoms with E-state index in [0.717, 1.165) is 60.3 Å². The predicted octanol–water partition coefficient (Wildman–Crippen LogP) is 5.10. The fraction of sp³-hybridized carbons (Fsp3) is 0.483. The van der Waals surface area contributed by atoms with Crippen molar-refractivity contribution in [1.82, 2.24) is 14.9 Å². The first-order valence-electron chi connectivity index (χ1n) is 13.2. The monoisotopic (exact) mass is 503 g/mol. The number of aromatic nitrogens is 2. The zero-order valence-corrected chi connectivity index (χ0v) is 21.6. The molecule has 3 unspecified atom stereocenters. The van der Waals surface area contributed by atoms with Crippen LogP contribution in [0, 0.1) is 12.8 Å². The Kier molecular flexibility index (Phi) is 5.94. The molecule has 3 aliphatic rings. The molecule has 1 aromatic carbocycles. The lowest BCUT2D eigenvalue weighted by Gasteiger charge is -2.56. The minimum Gasteiger partial charge on any atom is -0.472 e. The number of ether oxygens (including phenoxy) is 3. The third-order valence-corrected chi connectivity index (χ3v) is 8.46. The highest BCUT2D eigenvalue weighted by Crippen LogP contribution is 2.50. The van der Waals surface area contributed by atoms with Crippen LogP contribution in [0.2, 0.25) is 0 Å². The zero-order valence-electron chi connectivity index (χ0n) is 21.6. The maximum absolute atomic E-state index is 13.6. The normalized spacial score (nSPS) is 23.8. The van der Waals surface area contributed by atoms with E-state index < -0.39 is 18.0 Å². The molecule has 0 aliphatic carbocycles. The van der Waals surface area contributed by atoms with Crippen LogP contribution in [0.5, 0.6) is 5.75 Å². The van der Waals surface area contributed by atoms with Gasteiger partial charge in [-0.25, -0.2) is 9.59 Å². The van der Waals surface area contributed by atoms with Gasteiger partial charge in [0.2, 0.25) is 0 Å². The number of esters is 2. The van der Waals surface area contributed by atoms with Crippen LogP contribution < -0.4 is 4.74 Å². The number of aryl methyl sites for hydroxylation is 1. The average molecular weight is 504 g/mol. The van der Waals surface area contributed by atoms with Crippen molar-refractivity contribution in [1.29, 1.82) is 0 Å². The van der Waals surface area contributed by atoms with Gasteiger partial charge in [0.1, 0.15) is 11.9 Å². The van der Waals surface area contributed by atoms with Crippen LogP contribution in [-0.4, -0.2) is 52.7 Å². The molecule has 6 rings (SSSR count). The summed E-state index contributed by atoms with van der Waals surface area (Å²) < 4.78 is 17.6. The van der Waals surface area contributed by atoms with E-state index in [2.05, 4.69) is 20.9 Å². The van der Waals surface area contributed by atoms with E-state index in [1.807, 2.05) is 13.0 Å². The van der Waals surface area contributed by atoms with Gasteiger partial charge in [-0.05, 0) is 64.2 Å². The molecule has 1 spiro atoms. The molecule has 3 aliphatic heterocycles. The fourth-order valence-corrected chi connectivity index (χ4v) is 6.66. The Morgan fingerprint density at radius 3 is 2.86 bits per heavy atom. The lowest BCUT2D eigenvalue weighted by molar-refractivity contribution is -0.177. The van der Waals surface area contributed by atoms with Crippen molar-refractivity contribution in [3.63, 3.8) is 0 Å². The van der Waals surface area contributed by atoms with Gasteiger partial charge in [0.15, 0.2) is 5.72 Å². The number of rotatable bonds is 4. The Bertz CT molecular complexity index is 1380. The number of hydrogen-bond donors (Lipinski definition) is 1. The summed E-state index contributed by atoms with van der Waals surface area (Å²) in [5.74, 6) is 0.402. The summed E-state index contributed by atoms with van der Waals surface area (Å²) in [5, 5.41) is 0.899. The van der Waals surface area contributed by atoms with E-state index in [9.17, 15) is 9.59 Å². The molecule has 0 bridgehead atoms. The largest absolute Gasteiger partial charge is 0.472 e. The van der Waals surface area contributed by atoms with Crippen molar-refractivity contribution in [2.24, 2.45) is 5.92 Å². The van der Waals surface area contributed by atoms with Crippen LogP contribution in [0.25, 0.3) is 10.9 Å². The molecule has 194 valence electrons. The predicted molar refractivity (Wildman–Crippen MR) is 138 cm³/mol. The van der Waals surface area contributed by atoms with Gasteiger partial charge in [-0.15, -0.1) is 0 Å². The maximum Gasteiger partial charge on any atom is 0.341 e. The summed E-state index contributed by atoms with van der Waals surface area (Å²) >= 11 is 0. The summed E-state index contributed by atoms with van der Waals surface area (Å²) in [5.41, 5.74) is 4.06. The van der Waals surface area contributed by atoms with E-state index in [0.29, 0.717) is 22.6 Å². The number of nitrogens with one attached hydrogen (secondary N) is 1. The minimum absolute atomic E-state index is 0.213. The molecule has 8 nitrogen and oxygen atoms in total. The minimum atomic E-state index is -0.595. The maximum atomic E-state index is 13.6. The second kappa shape index (κ2) is 9.17. The number of carbonyl (C=O) groups is 2. The van der Waals surface area contributed by atoms with Crippen molar-refractivity contribution in [2.75, 3.05) is 20.2 Å². The molecule has 3 aromatic rings.